The van der Waals surface area contributed by atoms with Crippen molar-refractivity contribution in [2.75, 3.05) is 0 Å². The average molecular weight is 267 g/mol. The number of aromatic carboxylic acids is 1. The first kappa shape index (κ1) is 12.3. The van der Waals surface area contributed by atoms with E-state index in [0.717, 1.165) is 16.8 Å². The molecule has 0 atom stereocenters. The van der Waals surface area contributed by atoms with Gasteiger partial charge in [-0.3, -0.25) is 0 Å². The SMILES string of the molecule is Cc1nc2c(cc1C(=O)O)c(C)nn2-c1ccccc1. The lowest BCUT2D eigenvalue weighted by Crippen LogP contribution is -2.03. The lowest BCUT2D eigenvalue weighted by atomic mass is 10.1. The standard InChI is InChI=1S/C15H13N3O2/c1-9-13(15(19)20)8-12-10(2)17-18(14(12)16-9)11-6-4-3-5-7-11/h3-8H,1-2H3,(H,19,20). The Hall–Kier alpha value is -2.69. The van der Waals surface area contributed by atoms with Crippen molar-refractivity contribution in [3.8, 4) is 5.69 Å². The lowest BCUT2D eigenvalue weighted by Gasteiger charge is -2.04. The summed E-state index contributed by atoms with van der Waals surface area (Å²) in [5.41, 5.74) is 3.05. The van der Waals surface area contributed by atoms with E-state index in [4.69, 9.17) is 0 Å². The number of aryl methyl sites for hydroxylation is 2. The Morgan fingerprint density at radius 3 is 2.50 bits per heavy atom. The van der Waals surface area contributed by atoms with E-state index >= 15 is 0 Å². The molecule has 1 N–H and O–H groups in total. The Labute approximate surface area is 115 Å². The molecule has 100 valence electrons. The van der Waals surface area contributed by atoms with Gasteiger partial charge in [0, 0.05) is 5.39 Å². The van der Waals surface area contributed by atoms with Crippen LogP contribution < -0.4 is 0 Å². The van der Waals surface area contributed by atoms with Crippen molar-refractivity contribution in [3.63, 3.8) is 0 Å². The fraction of sp³-hybridized carbons (Fsp3) is 0.133. The molecule has 1 aromatic carbocycles. The van der Waals surface area contributed by atoms with Crippen LogP contribution in [0.1, 0.15) is 21.7 Å². The molecule has 5 nitrogen and oxygen atoms in total. The third-order valence-corrected chi connectivity index (χ3v) is 3.26. The highest BCUT2D eigenvalue weighted by Gasteiger charge is 2.16. The molecule has 2 aromatic heterocycles. The number of aromatic nitrogens is 3. The van der Waals surface area contributed by atoms with Gasteiger partial charge in [-0.1, -0.05) is 18.2 Å². The van der Waals surface area contributed by atoms with Gasteiger partial charge in [0.15, 0.2) is 5.65 Å². The van der Waals surface area contributed by atoms with Crippen LogP contribution in [0.4, 0.5) is 0 Å². The zero-order valence-corrected chi connectivity index (χ0v) is 11.2. The van der Waals surface area contributed by atoms with Crippen molar-refractivity contribution in [2.45, 2.75) is 13.8 Å². The highest BCUT2D eigenvalue weighted by Crippen LogP contribution is 2.22. The molecule has 0 amide bonds. The highest BCUT2D eigenvalue weighted by molar-refractivity contribution is 5.94. The number of carbonyl (C=O) groups is 1. The maximum absolute atomic E-state index is 11.2. The number of rotatable bonds is 2. The van der Waals surface area contributed by atoms with Crippen LogP contribution in [0.15, 0.2) is 36.4 Å². The van der Waals surface area contributed by atoms with Gasteiger partial charge in [0.05, 0.1) is 22.6 Å². The van der Waals surface area contributed by atoms with E-state index in [1.165, 1.54) is 0 Å². The van der Waals surface area contributed by atoms with E-state index in [1.807, 2.05) is 37.3 Å². The third kappa shape index (κ3) is 1.84. The molecule has 0 radical (unpaired) electrons. The molecule has 20 heavy (non-hydrogen) atoms. The Morgan fingerprint density at radius 2 is 1.85 bits per heavy atom. The molecule has 0 spiro atoms. The summed E-state index contributed by atoms with van der Waals surface area (Å²) in [7, 11) is 0. The Morgan fingerprint density at radius 1 is 1.15 bits per heavy atom. The zero-order valence-electron chi connectivity index (χ0n) is 11.2. The van der Waals surface area contributed by atoms with E-state index in [2.05, 4.69) is 10.1 Å². The predicted molar refractivity (Wildman–Crippen MR) is 75.3 cm³/mol. The first-order valence-corrected chi connectivity index (χ1v) is 6.23. The van der Waals surface area contributed by atoms with Gasteiger partial charge in [0.1, 0.15) is 0 Å². The number of para-hydroxylation sites is 1. The summed E-state index contributed by atoms with van der Waals surface area (Å²) in [6, 6.07) is 11.3. The minimum Gasteiger partial charge on any atom is -0.478 e. The molecule has 0 saturated heterocycles. The van der Waals surface area contributed by atoms with E-state index in [0.29, 0.717) is 11.3 Å². The molecule has 0 aliphatic rings. The number of benzene rings is 1. The van der Waals surface area contributed by atoms with Crippen LogP contribution in [0.25, 0.3) is 16.7 Å². The first-order valence-electron chi connectivity index (χ1n) is 6.23. The molecule has 0 bridgehead atoms. The third-order valence-electron chi connectivity index (χ3n) is 3.26. The van der Waals surface area contributed by atoms with Crippen LogP contribution in [-0.4, -0.2) is 25.8 Å². The predicted octanol–water partition coefficient (Wildman–Crippen LogP) is 2.74. The average Bonchev–Trinajstić information content (AvgIpc) is 2.75. The normalized spacial score (nSPS) is 10.9. The summed E-state index contributed by atoms with van der Waals surface area (Å²) < 4.78 is 1.74. The number of fused-ring (bicyclic) bond motifs is 1. The quantitative estimate of drug-likeness (QED) is 0.775. The van der Waals surface area contributed by atoms with Crippen LogP contribution in [0.3, 0.4) is 0 Å². The molecule has 0 aliphatic heterocycles. The number of hydrogen-bond acceptors (Lipinski definition) is 3. The molecule has 2 heterocycles. The minimum absolute atomic E-state index is 0.216. The summed E-state index contributed by atoms with van der Waals surface area (Å²) in [5, 5.41) is 14.4. The Kier molecular flexibility index (Phi) is 2.75. The van der Waals surface area contributed by atoms with E-state index in [1.54, 1.807) is 17.7 Å². The molecular formula is C15H13N3O2. The second kappa shape index (κ2) is 4.45. The van der Waals surface area contributed by atoms with Crippen molar-refractivity contribution >= 4 is 17.0 Å². The minimum atomic E-state index is -0.969. The monoisotopic (exact) mass is 267 g/mol. The van der Waals surface area contributed by atoms with Crippen LogP contribution in [0, 0.1) is 13.8 Å². The van der Waals surface area contributed by atoms with Gasteiger partial charge in [-0.2, -0.15) is 5.10 Å². The molecule has 0 saturated carbocycles. The number of carboxylic acid groups (broad SMARTS) is 1. The highest BCUT2D eigenvalue weighted by atomic mass is 16.4. The fourth-order valence-electron chi connectivity index (χ4n) is 2.24. The largest absolute Gasteiger partial charge is 0.478 e. The summed E-state index contributed by atoms with van der Waals surface area (Å²) in [6.07, 6.45) is 0. The molecule has 5 heteroatoms. The number of carboxylic acids is 1. The van der Waals surface area contributed by atoms with Gasteiger partial charge >= 0.3 is 5.97 Å². The second-order valence-corrected chi connectivity index (χ2v) is 4.63. The summed E-state index contributed by atoms with van der Waals surface area (Å²) in [5.74, 6) is -0.969. The van der Waals surface area contributed by atoms with Crippen LogP contribution in [0.2, 0.25) is 0 Å². The van der Waals surface area contributed by atoms with Gasteiger partial charge in [-0.25, -0.2) is 14.5 Å². The van der Waals surface area contributed by atoms with Crippen molar-refractivity contribution in [3.05, 3.63) is 53.3 Å². The van der Waals surface area contributed by atoms with Crippen LogP contribution in [0.5, 0.6) is 0 Å². The van der Waals surface area contributed by atoms with E-state index in [-0.39, 0.29) is 5.56 Å². The summed E-state index contributed by atoms with van der Waals surface area (Å²) in [6.45, 7) is 3.55. The van der Waals surface area contributed by atoms with Gasteiger partial charge in [-0.15, -0.1) is 0 Å². The Bertz CT molecular complexity index is 807. The Balaban J connectivity index is 2.32. The number of hydrogen-bond donors (Lipinski definition) is 1. The van der Waals surface area contributed by atoms with Crippen molar-refractivity contribution in [1.82, 2.24) is 14.8 Å². The molecule has 0 unspecified atom stereocenters. The van der Waals surface area contributed by atoms with E-state index < -0.39 is 5.97 Å². The molecule has 0 fully saturated rings. The topological polar surface area (TPSA) is 68.0 Å². The van der Waals surface area contributed by atoms with Gasteiger partial charge in [-0.05, 0) is 32.0 Å². The smallest absolute Gasteiger partial charge is 0.337 e. The summed E-state index contributed by atoms with van der Waals surface area (Å²) >= 11 is 0. The fourth-order valence-corrected chi connectivity index (χ4v) is 2.24. The second-order valence-electron chi connectivity index (χ2n) is 4.63. The maximum Gasteiger partial charge on any atom is 0.337 e. The molecular weight excluding hydrogens is 254 g/mol. The van der Waals surface area contributed by atoms with Gasteiger partial charge < -0.3 is 5.11 Å². The van der Waals surface area contributed by atoms with Crippen LogP contribution >= 0.6 is 0 Å². The van der Waals surface area contributed by atoms with Crippen molar-refractivity contribution in [2.24, 2.45) is 0 Å². The molecule has 0 aliphatic carbocycles. The molecule has 3 aromatic rings. The van der Waals surface area contributed by atoms with Crippen LogP contribution in [-0.2, 0) is 0 Å². The molecule has 3 rings (SSSR count). The van der Waals surface area contributed by atoms with Gasteiger partial charge in [0.25, 0.3) is 0 Å². The number of pyridine rings is 1. The van der Waals surface area contributed by atoms with Crippen molar-refractivity contribution in [1.29, 1.82) is 0 Å². The van der Waals surface area contributed by atoms with E-state index in [9.17, 15) is 9.90 Å². The first-order chi connectivity index (χ1) is 9.58. The number of nitrogens with zero attached hydrogens (tertiary/aromatic N) is 3. The van der Waals surface area contributed by atoms with Crippen molar-refractivity contribution < 1.29 is 9.90 Å². The summed E-state index contributed by atoms with van der Waals surface area (Å²) in [4.78, 5) is 15.6. The maximum atomic E-state index is 11.2. The lowest BCUT2D eigenvalue weighted by molar-refractivity contribution is 0.0696. The zero-order chi connectivity index (χ0) is 14.3. The van der Waals surface area contributed by atoms with Gasteiger partial charge in [0.2, 0.25) is 0 Å².